The van der Waals surface area contributed by atoms with E-state index in [1.54, 1.807) is 6.92 Å². The maximum Gasteiger partial charge on any atom is 0.167 e. The Bertz CT molecular complexity index is 286. The lowest BCUT2D eigenvalue weighted by Crippen LogP contribution is -2.50. The van der Waals surface area contributed by atoms with Gasteiger partial charge in [0.15, 0.2) is 6.29 Å². The van der Waals surface area contributed by atoms with Gasteiger partial charge in [-0.3, -0.25) is 4.79 Å². The summed E-state index contributed by atoms with van der Waals surface area (Å²) in [5.74, 6) is -0.210. The van der Waals surface area contributed by atoms with Crippen molar-refractivity contribution in [2.24, 2.45) is 34.6 Å². The molecule has 0 aliphatic carbocycles. The number of allylic oxidation sites excluding steroid dienone is 1. The number of carbonyl (C=O) groups is 1. The zero-order valence-corrected chi connectivity index (χ0v) is 8.81. The van der Waals surface area contributed by atoms with Crippen LogP contribution in [-0.4, -0.2) is 18.4 Å². The average Bonchev–Trinajstić information content (AvgIpc) is 2.23. The summed E-state index contributed by atoms with van der Waals surface area (Å²) >= 11 is 0. The highest BCUT2D eigenvalue weighted by atomic mass is 16.1. The van der Waals surface area contributed by atoms with Crippen LogP contribution in [0.5, 0.6) is 0 Å². The molecule has 0 aromatic heterocycles. The fourth-order valence-corrected chi connectivity index (χ4v) is 1.03. The van der Waals surface area contributed by atoms with Gasteiger partial charge in [0.05, 0.1) is 17.4 Å². The van der Waals surface area contributed by atoms with Crippen molar-refractivity contribution in [1.29, 1.82) is 0 Å². The van der Waals surface area contributed by atoms with Crippen LogP contribution in [0, 0.1) is 5.92 Å². The Morgan fingerprint density at radius 1 is 1.27 bits per heavy atom. The molecule has 0 radical (unpaired) electrons. The molecule has 0 saturated carbocycles. The lowest BCUT2D eigenvalue weighted by molar-refractivity contribution is -0.105. The third-order valence-corrected chi connectivity index (χ3v) is 2.40. The van der Waals surface area contributed by atoms with Crippen molar-refractivity contribution in [1.82, 2.24) is 0 Å². The lowest BCUT2D eigenvalue weighted by atomic mass is 9.92. The van der Waals surface area contributed by atoms with Crippen LogP contribution in [0.25, 0.3) is 0 Å². The van der Waals surface area contributed by atoms with E-state index in [1.165, 1.54) is 0 Å². The second-order valence-corrected chi connectivity index (χ2v) is 3.50. The second kappa shape index (κ2) is 5.38. The minimum Gasteiger partial charge on any atom is -0.402 e. The first kappa shape index (κ1) is 13.5. The summed E-state index contributed by atoms with van der Waals surface area (Å²) < 4.78 is 0. The van der Waals surface area contributed by atoms with Crippen molar-refractivity contribution in [3.63, 3.8) is 0 Å². The predicted molar refractivity (Wildman–Crippen MR) is 59.9 cm³/mol. The van der Waals surface area contributed by atoms with Crippen LogP contribution in [-0.2, 0) is 4.79 Å². The predicted octanol–water partition coefficient (Wildman–Crippen LogP) is -1.92. The molecule has 0 aromatic rings. The van der Waals surface area contributed by atoms with Crippen molar-refractivity contribution in [2.45, 2.75) is 19.0 Å². The molecule has 3 atom stereocenters. The molecule has 0 unspecified atom stereocenters. The van der Waals surface area contributed by atoms with E-state index in [9.17, 15) is 4.79 Å². The quantitative estimate of drug-likeness (QED) is 0.265. The molecule has 0 saturated heterocycles. The molecule has 0 spiro atoms. The van der Waals surface area contributed by atoms with E-state index in [4.69, 9.17) is 28.7 Å². The van der Waals surface area contributed by atoms with Gasteiger partial charge in [-0.15, -0.1) is 0 Å². The number of nitrogens with two attached hydrogens (primary N) is 5. The smallest absolute Gasteiger partial charge is 0.167 e. The first-order valence-electron chi connectivity index (χ1n) is 4.48. The molecule has 6 heteroatoms. The van der Waals surface area contributed by atoms with Crippen LogP contribution in [0.4, 0.5) is 0 Å². The Hall–Kier alpha value is -1.53. The van der Waals surface area contributed by atoms with E-state index in [0.29, 0.717) is 12.0 Å². The van der Waals surface area contributed by atoms with E-state index >= 15 is 0 Å². The zero-order chi connectivity index (χ0) is 12.2. The van der Waals surface area contributed by atoms with E-state index in [2.05, 4.69) is 6.58 Å². The molecule has 10 N–H and O–H groups in total. The van der Waals surface area contributed by atoms with Crippen LogP contribution in [0.15, 0.2) is 23.7 Å². The fourth-order valence-electron chi connectivity index (χ4n) is 1.03. The summed E-state index contributed by atoms with van der Waals surface area (Å²) in [6.07, 6.45) is 0.434. The van der Waals surface area contributed by atoms with Gasteiger partial charge in [0, 0.05) is 17.7 Å². The normalized spacial score (nSPS) is 18.6. The van der Waals surface area contributed by atoms with Crippen molar-refractivity contribution >= 4 is 6.29 Å². The summed E-state index contributed by atoms with van der Waals surface area (Å²) in [6, 6.07) is -1.24. The molecule has 6 nitrogen and oxygen atoms in total. The first-order chi connectivity index (χ1) is 6.82. The van der Waals surface area contributed by atoms with Gasteiger partial charge in [0.25, 0.3) is 0 Å². The molecular weight excluding hydrogens is 194 g/mol. The van der Waals surface area contributed by atoms with E-state index < -0.39 is 12.1 Å². The van der Waals surface area contributed by atoms with Crippen LogP contribution in [0.3, 0.4) is 0 Å². The Balaban J connectivity index is 4.79. The van der Waals surface area contributed by atoms with Gasteiger partial charge in [0.2, 0.25) is 0 Å². The number of aldehydes is 1. The third kappa shape index (κ3) is 3.26. The maximum absolute atomic E-state index is 10.4. The van der Waals surface area contributed by atoms with Gasteiger partial charge >= 0.3 is 0 Å². The van der Waals surface area contributed by atoms with Crippen molar-refractivity contribution in [2.75, 3.05) is 0 Å². The Morgan fingerprint density at radius 2 is 1.73 bits per heavy atom. The summed E-state index contributed by atoms with van der Waals surface area (Å²) in [5.41, 5.74) is 28.3. The topological polar surface area (TPSA) is 147 Å². The molecule has 15 heavy (non-hydrogen) atoms. The molecule has 0 aromatic carbocycles. The number of hydrogen-bond acceptors (Lipinski definition) is 6. The molecule has 86 valence electrons. The highest BCUT2D eigenvalue weighted by molar-refractivity contribution is 5.73. The zero-order valence-electron chi connectivity index (χ0n) is 8.81. The van der Waals surface area contributed by atoms with Gasteiger partial charge in [-0.2, -0.15) is 0 Å². The van der Waals surface area contributed by atoms with Gasteiger partial charge in [-0.05, 0) is 0 Å². The molecule has 0 amide bonds. The van der Waals surface area contributed by atoms with Gasteiger partial charge in [0.1, 0.15) is 0 Å². The Labute approximate surface area is 89.1 Å². The first-order valence-corrected chi connectivity index (χ1v) is 4.48. The van der Waals surface area contributed by atoms with E-state index in [-0.39, 0.29) is 17.3 Å². The molecule has 0 bridgehead atoms. The lowest BCUT2D eigenvalue weighted by Gasteiger charge is -2.26. The van der Waals surface area contributed by atoms with Gasteiger partial charge in [-0.1, -0.05) is 13.5 Å². The minimum atomic E-state index is -0.717. The molecular formula is C9H19N5O. The van der Waals surface area contributed by atoms with Gasteiger partial charge in [-0.25, -0.2) is 0 Å². The average molecular weight is 213 g/mol. The van der Waals surface area contributed by atoms with Crippen LogP contribution in [0.1, 0.15) is 6.92 Å². The summed E-state index contributed by atoms with van der Waals surface area (Å²) in [7, 11) is 0. The maximum atomic E-state index is 10.4. The SMILES string of the molecule is C=C(N)[C@H](C)[C@@H](N)[C@H](N)/C(N)=C(/N)C=O. The van der Waals surface area contributed by atoms with Crippen LogP contribution < -0.4 is 28.7 Å². The Morgan fingerprint density at radius 3 is 2.07 bits per heavy atom. The molecule has 0 aliphatic rings. The van der Waals surface area contributed by atoms with E-state index in [1.807, 2.05) is 0 Å². The molecule has 0 heterocycles. The number of rotatable bonds is 5. The summed E-state index contributed by atoms with van der Waals surface area (Å²) in [5, 5.41) is 0. The number of hydrogen-bond donors (Lipinski definition) is 5. The largest absolute Gasteiger partial charge is 0.402 e. The van der Waals surface area contributed by atoms with Gasteiger partial charge < -0.3 is 28.7 Å². The fraction of sp³-hybridized carbons (Fsp3) is 0.444. The molecule has 0 aliphatic heterocycles. The van der Waals surface area contributed by atoms with Crippen molar-refractivity contribution in [3.05, 3.63) is 23.7 Å². The van der Waals surface area contributed by atoms with E-state index in [0.717, 1.165) is 0 Å². The highest BCUT2D eigenvalue weighted by Crippen LogP contribution is 2.12. The summed E-state index contributed by atoms with van der Waals surface area (Å²) in [4.78, 5) is 10.4. The minimum absolute atomic E-state index is 0.0746. The standard InChI is InChI=1S/C9H19N5O/c1-4(5(2)10)7(12)9(14)8(13)6(11)3-15/h3-4,7,9H,2,10-14H2,1H3/b8-6-/t4-,7+,9-/m0/s1. The van der Waals surface area contributed by atoms with Crippen molar-refractivity contribution < 1.29 is 4.79 Å². The summed E-state index contributed by atoms with van der Waals surface area (Å²) in [6.45, 7) is 5.34. The highest BCUT2D eigenvalue weighted by Gasteiger charge is 2.24. The third-order valence-electron chi connectivity index (χ3n) is 2.40. The second-order valence-electron chi connectivity index (χ2n) is 3.50. The number of carbonyl (C=O) groups excluding carboxylic acids is 1. The van der Waals surface area contributed by atoms with Crippen LogP contribution >= 0.6 is 0 Å². The van der Waals surface area contributed by atoms with Crippen molar-refractivity contribution in [3.8, 4) is 0 Å². The monoisotopic (exact) mass is 213 g/mol. The Kier molecular flexibility index (Phi) is 4.83. The van der Waals surface area contributed by atoms with Crippen LogP contribution in [0.2, 0.25) is 0 Å². The molecule has 0 rings (SSSR count). The molecule has 0 fully saturated rings.